The number of halogens is 1. The standard InChI is InChI=1S/C18H18BrNO2S/c1-3-20(11-14-5-7-17(19)23-14)10-13-9-18(21)22-16-8-12(2)4-6-15(13)16/h4-9H,3,10-11H2,1-2H3. The van der Waals surface area contributed by atoms with Crippen LogP contribution in [0.3, 0.4) is 0 Å². The summed E-state index contributed by atoms with van der Waals surface area (Å²) in [5.74, 6) is 0. The first-order valence-electron chi connectivity index (χ1n) is 7.55. The van der Waals surface area contributed by atoms with Gasteiger partial charge in [0.2, 0.25) is 0 Å². The Kier molecular flexibility index (Phi) is 4.99. The summed E-state index contributed by atoms with van der Waals surface area (Å²) in [6.07, 6.45) is 0. The topological polar surface area (TPSA) is 33.5 Å². The first kappa shape index (κ1) is 16.4. The van der Waals surface area contributed by atoms with Crippen LogP contribution in [-0.4, -0.2) is 11.4 Å². The van der Waals surface area contributed by atoms with Gasteiger partial charge in [0.05, 0.1) is 3.79 Å². The van der Waals surface area contributed by atoms with Crippen LogP contribution in [0, 0.1) is 6.92 Å². The molecule has 0 bridgehead atoms. The second-order valence-corrected chi connectivity index (χ2v) is 8.15. The van der Waals surface area contributed by atoms with Crippen LogP contribution in [0.2, 0.25) is 0 Å². The summed E-state index contributed by atoms with van der Waals surface area (Å²) in [4.78, 5) is 15.5. The fourth-order valence-corrected chi connectivity index (χ4v) is 4.17. The minimum Gasteiger partial charge on any atom is -0.423 e. The quantitative estimate of drug-likeness (QED) is 0.577. The molecule has 0 saturated heterocycles. The Balaban J connectivity index is 1.91. The van der Waals surface area contributed by atoms with Crippen molar-refractivity contribution >= 4 is 38.2 Å². The van der Waals surface area contributed by atoms with E-state index in [1.54, 1.807) is 17.4 Å². The number of rotatable bonds is 5. The summed E-state index contributed by atoms with van der Waals surface area (Å²) in [7, 11) is 0. The number of fused-ring (bicyclic) bond motifs is 1. The fourth-order valence-electron chi connectivity index (χ4n) is 2.65. The molecule has 0 amide bonds. The molecule has 0 spiro atoms. The van der Waals surface area contributed by atoms with E-state index in [9.17, 15) is 4.79 Å². The summed E-state index contributed by atoms with van der Waals surface area (Å²) >= 11 is 5.25. The van der Waals surface area contributed by atoms with E-state index in [1.165, 1.54) is 4.88 Å². The molecule has 2 aromatic heterocycles. The van der Waals surface area contributed by atoms with E-state index in [0.29, 0.717) is 5.58 Å². The lowest BCUT2D eigenvalue weighted by atomic mass is 10.1. The van der Waals surface area contributed by atoms with E-state index in [0.717, 1.165) is 39.9 Å². The smallest absolute Gasteiger partial charge is 0.336 e. The Bertz CT molecular complexity index is 884. The van der Waals surface area contributed by atoms with Crippen LogP contribution >= 0.6 is 27.3 Å². The number of benzene rings is 1. The molecule has 0 fully saturated rings. The SMILES string of the molecule is CCN(Cc1ccc(Br)s1)Cc1cc(=O)oc2cc(C)ccc12. The third-order valence-electron chi connectivity index (χ3n) is 3.84. The average molecular weight is 392 g/mol. The number of hydrogen-bond donors (Lipinski definition) is 0. The van der Waals surface area contributed by atoms with Crippen LogP contribution < -0.4 is 5.63 Å². The van der Waals surface area contributed by atoms with Crippen molar-refractivity contribution in [3.05, 3.63) is 66.6 Å². The predicted molar refractivity (Wildman–Crippen MR) is 99.0 cm³/mol. The van der Waals surface area contributed by atoms with Crippen LogP contribution in [0.25, 0.3) is 11.0 Å². The van der Waals surface area contributed by atoms with Crippen molar-refractivity contribution in [2.24, 2.45) is 0 Å². The molecule has 23 heavy (non-hydrogen) atoms. The number of thiophene rings is 1. The highest BCUT2D eigenvalue weighted by atomic mass is 79.9. The summed E-state index contributed by atoms with van der Waals surface area (Å²) < 4.78 is 6.49. The summed E-state index contributed by atoms with van der Waals surface area (Å²) in [5.41, 5.74) is 2.50. The minimum absolute atomic E-state index is 0.284. The molecule has 3 nitrogen and oxygen atoms in total. The van der Waals surface area contributed by atoms with Crippen molar-refractivity contribution in [1.82, 2.24) is 4.90 Å². The van der Waals surface area contributed by atoms with E-state index in [4.69, 9.17) is 4.42 Å². The highest BCUT2D eigenvalue weighted by molar-refractivity contribution is 9.11. The second-order valence-electron chi connectivity index (χ2n) is 5.60. The lowest BCUT2D eigenvalue weighted by Crippen LogP contribution is -2.22. The second kappa shape index (κ2) is 6.99. The van der Waals surface area contributed by atoms with Gasteiger partial charge in [0, 0.05) is 29.4 Å². The van der Waals surface area contributed by atoms with Gasteiger partial charge in [0.15, 0.2) is 0 Å². The van der Waals surface area contributed by atoms with E-state index in [2.05, 4.69) is 46.0 Å². The molecular weight excluding hydrogens is 374 g/mol. The average Bonchev–Trinajstić information content (AvgIpc) is 2.91. The monoisotopic (exact) mass is 391 g/mol. The molecule has 1 aromatic carbocycles. The highest BCUT2D eigenvalue weighted by Gasteiger charge is 2.11. The van der Waals surface area contributed by atoms with Gasteiger partial charge in [-0.15, -0.1) is 11.3 Å². The lowest BCUT2D eigenvalue weighted by molar-refractivity contribution is 0.274. The molecule has 0 aliphatic rings. The maximum absolute atomic E-state index is 11.9. The van der Waals surface area contributed by atoms with Crippen LogP contribution in [-0.2, 0) is 13.1 Å². The molecule has 0 aliphatic carbocycles. The Morgan fingerprint density at radius 2 is 2.00 bits per heavy atom. The number of aryl methyl sites for hydroxylation is 1. The van der Waals surface area contributed by atoms with Crippen molar-refractivity contribution in [1.29, 1.82) is 0 Å². The fraction of sp³-hybridized carbons (Fsp3) is 0.278. The molecule has 5 heteroatoms. The first-order chi connectivity index (χ1) is 11.0. The van der Waals surface area contributed by atoms with Gasteiger partial charge < -0.3 is 4.42 Å². The first-order valence-corrected chi connectivity index (χ1v) is 9.16. The third-order valence-corrected chi connectivity index (χ3v) is 5.44. The Morgan fingerprint density at radius 3 is 2.70 bits per heavy atom. The maximum atomic E-state index is 11.9. The number of hydrogen-bond acceptors (Lipinski definition) is 4. The molecular formula is C18H18BrNO2S. The molecule has 0 atom stereocenters. The van der Waals surface area contributed by atoms with Crippen LogP contribution in [0.15, 0.2) is 49.4 Å². The molecule has 0 unspecified atom stereocenters. The predicted octanol–water partition coefficient (Wildman–Crippen LogP) is 4.95. The van der Waals surface area contributed by atoms with Crippen LogP contribution in [0.5, 0.6) is 0 Å². The number of nitrogens with zero attached hydrogens (tertiary/aromatic N) is 1. The molecule has 3 rings (SSSR count). The van der Waals surface area contributed by atoms with Gasteiger partial charge in [-0.05, 0) is 58.7 Å². The lowest BCUT2D eigenvalue weighted by Gasteiger charge is -2.20. The van der Waals surface area contributed by atoms with Crippen molar-refractivity contribution < 1.29 is 4.42 Å². The molecule has 0 N–H and O–H groups in total. The van der Waals surface area contributed by atoms with E-state index >= 15 is 0 Å². The molecule has 0 radical (unpaired) electrons. The van der Waals surface area contributed by atoms with E-state index in [1.807, 2.05) is 19.1 Å². The summed E-state index contributed by atoms with van der Waals surface area (Å²) in [5, 5.41) is 1.01. The van der Waals surface area contributed by atoms with E-state index in [-0.39, 0.29) is 5.63 Å². The molecule has 0 saturated carbocycles. The molecule has 2 heterocycles. The van der Waals surface area contributed by atoms with Crippen molar-refractivity contribution in [3.8, 4) is 0 Å². The maximum Gasteiger partial charge on any atom is 0.336 e. The zero-order valence-corrected chi connectivity index (χ0v) is 15.5. The van der Waals surface area contributed by atoms with Gasteiger partial charge in [-0.1, -0.05) is 19.1 Å². The third kappa shape index (κ3) is 3.91. The van der Waals surface area contributed by atoms with Gasteiger partial charge in [-0.25, -0.2) is 4.79 Å². The minimum atomic E-state index is -0.284. The van der Waals surface area contributed by atoms with Gasteiger partial charge in [0.25, 0.3) is 0 Å². The van der Waals surface area contributed by atoms with Crippen molar-refractivity contribution in [2.45, 2.75) is 26.9 Å². The Labute approximate surface area is 147 Å². The molecule has 3 aromatic rings. The van der Waals surface area contributed by atoms with Crippen molar-refractivity contribution in [2.75, 3.05) is 6.54 Å². The van der Waals surface area contributed by atoms with E-state index < -0.39 is 0 Å². The van der Waals surface area contributed by atoms with Crippen LogP contribution in [0.1, 0.15) is 22.9 Å². The molecule has 120 valence electrons. The van der Waals surface area contributed by atoms with Gasteiger partial charge in [-0.3, -0.25) is 4.90 Å². The zero-order chi connectivity index (χ0) is 16.4. The highest BCUT2D eigenvalue weighted by Crippen LogP contribution is 2.25. The Hall–Kier alpha value is -1.43. The summed E-state index contributed by atoms with van der Waals surface area (Å²) in [6.45, 7) is 6.67. The van der Waals surface area contributed by atoms with Gasteiger partial charge in [-0.2, -0.15) is 0 Å². The van der Waals surface area contributed by atoms with Gasteiger partial charge in [0.1, 0.15) is 5.58 Å². The van der Waals surface area contributed by atoms with Crippen LogP contribution in [0.4, 0.5) is 0 Å². The Morgan fingerprint density at radius 1 is 1.17 bits per heavy atom. The zero-order valence-electron chi connectivity index (χ0n) is 13.1. The normalized spacial score (nSPS) is 11.5. The largest absolute Gasteiger partial charge is 0.423 e. The van der Waals surface area contributed by atoms with Gasteiger partial charge >= 0.3 is 5.63 Å². The molecule has 0 aliphatic heterocycles. The van der Waals surface area contributed by atoms with Crippen molar-refractivity contribution in [3.63, 3.8) is 0 Å². The summed E-state index contributed by atoms with van der Waals surface area (Å²) in [6, 6.07) is 11.8.